The highest BCUT2D eigenvalue weighted by Crippen LogP contribution is 2.56. The summed E-state index contributed by atoms with van der Waals surface area (Å²) in [7, 11) is 0. The van der Waals surface area contributed by atoms with Gasteiger partial charge in [-0.05, 0) is 85.3 Å². The summed E-state index contributed by atoms with van der Waals surface area (Å²) in [5, 5.41) is 3.78. The second kappa shape index (κ2) is 6.00. The van der Waals surface area contributed by atoms with Gasteiger partial charge in [0.2, 0.25) is 0 Å². The summed E-state index contributed by atoms with van der Waals surface area (Å²) in [5.74, 6) is 5.90. The van der Waals surface area contributed by atoms with Crippen LogP contribution >= 0.6 is 0 Å². The van der Waals surface area contributed by atoms with Crippen LogP contribution in [0.1, 0.15) is 63.0 Å². The number of benzene rings is 1. The molecule has 0 spiro atoms. The second-order valence-electron chi connectivity index (χ2n) is 8.62. The molecule has 5 rings (SSSR count). The molecule has 1 N–H and O–H groups in total. The monoisotopic (exact) mass is 297 g/mol. The molecule has 0 heterocycles. The van der Waals surface area contributed by atoms with E-state index in [1.807, 2.05) is 0 Å². The molecular formula is C21H31N. The average molecular weight is 297 g/mol. The van der Waals surface area contributed by atoms with Crippen LogP contribution in [0.2, 0.25) is 0 Å². The summed E-state index contributed by atoms with van der Waals surface area (Å²) in [6.45, 7) is 6.82. The van der Waals surface area contributed by atoms with Crippen molar-refractivity contribution in [2.45, 2.75) is 58.4 Å². The van der Waals surface area contributed by atoms with E-state index in [-0.39, 0.29) is 0 Å². The van der Waals surface area contributed by atoms with Crippen LogP contribution in [0.3, 0.4) is 0 Å². The van der Waals surface area contributed by atoms with E-state index in [1.54, 1.807) is 32.1 Å². The number of rotatable bonds is 5. The van der Waals surface area contributed by atoms with Crippen LogP contribution in [-0.4, -0.2) is 6.54 Å². The Hall–Kier alpha value is -0.820. The SMILES string of the molecule is CC(C)c1ccc(CNCC2C3CC4CC(C3)CC2C4)cc1. The number of hydrogen-bond donors (Lipinski definition) is 1. The van der Waals surface area contributed by atoms with Crippen molar-refractivity contribution in [2.75, 3.05) is 6.54 Å². The molecule has 1 aromatic rings. The van der Waals surface area contributed by atoms with Crippen molar-refractivity contribution >= 4 is 0 Å². The summed E-state index contributed by atoms with van der Waals surface area (Å²) in [4.78, 5) is 0. The third-order valence-corrected chi connectivity index (χ3v) is 6.78. The lowest BCUT2D eigenvalue weighted by atomic mass is 9.52. The Labute approximate surface area is 135 Å². The predicted molar refractivity (Wildman–Crippen MR) is 92.8 cm³/mol. The third kappa shape index (κ3) is 2.85. The Balaban J connectivity index is 1.30. The van der Waals surface area contributed by atoms with Gasteiger partial charge in [-0.3, -0.25) is 0 Å². The van der Waals surface area contributed by atoms with Crippen molar-refractivity contribution < 1.29 is 0 Å². The number of hydrogen-bond acceptors (Lipinski definition) is 1. The predicted octanol–water partition coefficient (Wildman–Crippen LogP) is 4.97. The van der Waals surface area contributed by atoms with Gasteiger partial charge in [-0.1, -0.05) is 38.1 Å². The molecule has 0 saturated heterocycles. The van der Waals surface area contributed by atoms with E-state index in [0.717, 1.165) is 36.1 Å². The molecule has 0 aliphatic heterocycles. The molecule has 0 atom stereocenters. The molecule has 0 aromatic heterocycles. The van der Waals surface area contributed by atoms with Gasteiger partial charge in [-0.15, -0.1) is 0 Å². The van der Waals surface area contributed by atoms with Gasteiger partial charge in [0.05, 0.1) is 0 Å². The summed E-state index contributed by atoms with van der Waals surface area (Å²) in [5.41, 5.74) is 2.89. The van der Waals surface area contributed by atoms with Crippen LogP contribution in [0, 0.1) is 29.6 Å². The minimum Gasteiger partial charge on any atom is -0.312 e. The van der Waals surface area contributed by atoms with Gasteiger partial charge in [0.25, 0.3) is 0 Å². The van der Waals surface area contributed by atoms with Gasteiger partial charge in [-0.25, -0.2) is 0 Å². The fourth-order valence-electron chi connectivity index (χ4n) is 5.77. The van der Waals surface area contributed by atoms with Crippen molar-refractivity contribution in [3.8, 4) is 0 Å². The second-order valence-corrected chi connectivity index (χ2v) is 8.62. The van der Waals surface area contributed by atoms with Crippen molar-refractivity contribution in [1.29, 1.82) is 0 Å². The lowest BCUT2D eigenvalue weighted by Crippen LogP contribution is -2.48. The van der Waals surface area contributed by atoms with E-state index in [2.05, 4.69) is 43.4 Å². The highest BCUT2D eigenvalue weighted by molar-refractivity contribution is 5.24. The minimum atomic E-state index is 0.634. The molecule has 120 valence electrons. The first-order chi connectivity index (χ1) is 10.7. The Kier molecular flexibility index (Phi) is 4.02. The zero-order valence-corrected chi connectivity index (χ0v) is 14.2. The Morgan fingerprint density at radius 3 is 2.05 bits per heavy atom. The van der Waals surface area contributed by atoms with E-state index in [0.29, 0.717) is 5.92 Å². The first-order valence-corrected chi connectivity index (χ1v) is 9.48. The molecule has 1 aromatic carbocycles. The zero-order chi connectivity index (χ0) is 15.1. The lowest BCUT2D eigenvalue weighted by molar-refractivity contribution is -0.0355. The fourth-order valence-corrected chi connectivity index (χ4v) is 5.77. The van der Waals surface area contributed by atoms with Gasteiger partial charge in [-0.2, -0.15) is 0 Å². The molecule has 4 aliphatic carbocycles. The highest BCUT2D eigenvalue weighted by Gasteiger charge is 2.47. The first-order valence-electron chi connectivity index (χ1n) is 9.48. The molecule has 0 amide bonds. The third-order valence-electron chi connectivity index (χ3n) is 6.78. The summed E-state index contributed by atoms with van der Waals surface area (Å²) < 4.78 is 0. The van der Waals surface area contributed by atoms with Crippen molar-refractivity contribution in [3.63, 3.8) is 0 Å². The molecule has 4 bridgehead atoms. The first kappa shape index (κ1) is 14.8. The Morgan fingerprint density at radius 1 is 0.909 bits per heavy atom. The van der Waals surface area contributed by atoms with E-state index in [4.69, 9.17) is 0 Å². The van der Waals surface area contributed by atoms with E-state index in [1.165, 1.54) is 17.7 Å². The molecule has 1 heteroatoms. The van der Waals surface area contributed by atoms with Crippen molar-refractivity contribution in [3.05, 3.63) is 35.4 Å². The number of nitrogens with one attached hydrogen (secondary N) is 1. The van der Waals surface area contributed by atoms with Crippen LogP contribution in [0.4, 0.5) is 0 Å². The van der Waals surface area contributed by atoms with E-state index in [9.17, 15) is 0 Å². The van der Waals surface area contributed by atoms with Crippen LogP contribution < -0.4 is 5.32 Å². The standard InChI is InChI=1S/C21H31N/c1-14(2)18-5-3-15(4-6-18)12-22-13-21-19-8-16-7-17(10-19)11-20(21)9-16/h3-6,14,16-17,19-22H,7-13H2,1-2H3. The molecule has 0 unspecified atom stereocenters. The molecule has 22 heavy (non-hydrogen) atoms. The molecule has 4 saturated carbocycles. The molecule has 0 radical (unpaired) electrons. The topological polar surface area (TPSA) is 12.0 Å². The molecular weight excluding hydrogens is 266 g/mol. The van der Waals surface area contributed by atoms with Gasteiger partial charge in [0, 0.05) is 6.54 Å². The summed E-state index contributed by atoms with van der Waals surface area (Å²) >= 11 is 0. The minimum absolute atomic E-state index is 0.634. The average Bonchev–Trinajstić information content (AvgIpc) is 2.50. The molecule has 1 nitrogen and oxygen atoms in total. The Morgan fingerprint density at radius 2 is 1.50 bits per heavy atom. The van der Waals surface area contributed by atoms with Crippen molar-refractivity contribution in [1.82, 2.24) is 5.32 Å². The zero-order valence-electron chi connectivity index (χ0n) is 14.2. The summed E-state index contributed by atoms with van der Waals surface area (Å²) in [6, 6.07) is 9.20. The summed E-state index contributed by atoms with van der Waals surface area (Å²) in [6.07, 6.45) is 7.74. The smallest absolute Gasteiger partial charge is 0.0205 e. The van der Waals surface area contributed by atoms with E-state index < -0.39 is 0 Å². The van der Waals surface area contributed by atoms with Crippen LogP contribution in [0.5, 0.6) is 0 Å². The van der Waals surface area contributed by atoms with Crippen LogP contribution in [0.25, 0.3) is 0 Å². The fraction of sp³-hybridized carbons (Fsp3) is 0.714. The van der Waals surface area contributed by atoms with Gasteiger partial charge >= 0.3 is 0 Å². The maximum atomic E-state index is 3.78. The maximum absolute atomic E-state index is 3.78. The van der Waals surface area contributed by atoms with Crippen LogP contribution in [-0.2, 0) is 6.54 Å². The van der Waals surface area contributed by atoms with Gasteiger partial charge < -0.3 is 5.32 Å². The molecule has 4 aliphatic rings. The Bertz CT molecular complexity index is 473. The van der Waals surface area contributed by atoms with Gasteiger partial charge in [0.1, 0.15) is 0 Å². The quantitative estimate of drug-likeness (QED) is 0.809. The normalized spacial score (nSPS) is 36.2. The van der Waals surface area contributed by atoms with E-state index >= 15 is 0 Å². The molecule has 4 fully saturated rings. The van der Waals surface area contributed by atoms with Gasteiger partial charge in [0.15, 0.2) is 0 Å². The lowest BCUT2D eigenvalue weighted by Gasteiger charge is -2.54. The largest absolute Gasteiger partial charge is 0.312 e. The van der Waals surface area contributed by atoms with Crippen molar-refractivity contribution in [2.24, 2.45) is 29.6 Å². The van der Waals surface area contributed by atoms with Crippen LogP contribution in [0.15, 0.2) is 24.3 Å². The maximum Gasteiger partial charge on any atom is 0.0205 e. The highest BCUT2D eigenvalue weighted by atomic mass is 14.9.